The molecule has 2 rings (SSSR count). The highest BCUT2D eigenvalue weighted by atomic mass is 35.5. The van der Waals surface area contributed by atoms with Crippen molar-refractivity contribution in [3.8, 4) is 6.07 Å². The molecule has 1 aromatic heterocycles. The smallest absolute Gasteiger partial charge is 0.313 e. The molecule has 23 heavy (non-hydrogen) atoms. The minimum Gasteiger partial charge on any atom is -0.469 e. The first-order valence-electron chi connectivity index (χ1n) is 6.83. The average molecular weight is 332 g/mol. The Bertz CT molecular complexity index is 750. The molecule has 7 heteroatoms. The first-order chi connectivity index (χ1) is 11.0. The first-order valence-corrected chi connectivity index (χ1v) is 7.21. The van der Waals surface area contributed by atoms with Gasteiger partial charge in [-0.05, 0) is 37.3 Å². The van der Waals surface area contributed by atoms with E-state index in [9.17, 15) is 9.59 Å². The SMILES string of the molecule is C[C@H](Cc1ccco1)NC(=O)C(=O)Nc1ccc(Cl)c(C#N)c1. The number of hydrogen-bond donors (Lipinski definition) is 2. The maximum atomic E-state index is 11.9. The van der Waals surface area contributed by atoms with E-state index >= 15 is 0 Å². The van der Waals surface area contributed by atoms with Crippen LogP contribution in [0.3, 0.4) is 0 Å². The third kappa shape index (κ3) is 4.59. The fraction of sp³-hybridized carbons (Fsp3) is 0.188. The van der Waals surface area contributed by atoms with Crippen molar-refractivity contribution in [1.29, 1.82) is 5.26 Å². The monoisotopic (exact) mass is 331 g/mol. The summed E-state index contributed by atoms with van der Waals surface area (Å²) < 4.78 is 5.18. The number of benzene rings is 1. The molecule has 0 radical (unpaired) electrons. The number of furan rings is 1. The van der Waals surface area contributed by atoms with E-state index in [1.807, 2.05) is 6.07 Å². The highest BCUT2D eigenvalue weighted by Crippen LogP contribution is 2.19. The maximum absolute atomic E-state index is 11.9. The largest absolute Gasteiger partial charge is 0.469 e. The number of carbonyl (C=O) groups is 2. The van der Waals surface area contributed by atoms with Gasteiger partial charge >= 0.3 is 11.8 Å². The second-order valence-corrected chi connectivity index (χ2v) is 5.33. The Morgan fingerprint density at radius 2 is 2.13 bits per heavy atom. The van der Waals surface area contributed by atoms with Gasteiger partial charge < -0.3 is 15.1 Å². The number of carbonyl (C=O) groups excluding carboxylic acids is 2. The van der Waals surface area contributed by atoms with Gasteiger partial charge in [-0.3, -0.25) is 9.59 Å². The third-order valence-corrected chi connectivity index (χ3v) is 3.35. The number of nitrogens with one attached hydrogen (secondary N) is 2. The number of amides is 2. The summed E-state index contributed by atoms with van der Waals surface area (Å²) in [4.78, 5) is 23.7. The Labute approximate surface area is 138 Å². The van der Waals surface area contributed by atoms with Crippen molar-refractivity contribution in [3.63, 3.8) is 0 Å². The van der Waals surface area contributed by atoms with Crippen molar-refractivity contribution >= 4 is 29.1 Å². The van der Waals surface area contributed by atoms with Gasteiger partial charge in [0, 0.05) is 18.2 Å². The molecule has 0 aliphatic heterocycles. The Kier molecular flexibility index (Phi) is 5.39. The van der Waals surface area contributed by atoms with E-state index in [2.05, 4.69) is 10.6 Å². The zero-order chi connectivity index (χ0) is 16.8. The lowest BCUT2D eigenvalue weighted by molar-refractivity contribution is -0.136. The van der Waals surface area contributed by atoms with Crippen molar-refractivity contribution in [2.24, 2.45) is 0 Å². The molecule has 0 aliphatic rings. The summed E-state index contributed by atoms with van der Waals surface area (Å²) in [5.74, 6) is -0.866. The van der Waals surface area contributed by atoms with Crippen LogP contribution in [-0.4, -0.2) is 17.9 Å². The molecule has 0 bridgehead atoms. The van der Waals surface area contributed by atoms with Crippen molar-refractivity contribution in [2.75, 3.05) is 5.32 Å². The molecule has 1 aromatic carbocycles. The van der Waals surface area contributed by atoms with Gasteiger partial charge in [0.2, 0.25) is 0 Å². The number of halogens is 1. The van der Waals surface area contributed by atoms with Gasteiger partial charge in [0.15, 0.2) is 0 Å². The first kappa shape index (κ1) is 16.6. The Morgan fingerprint density at radius 3 is 2.78 bits per heavy atom. The maximum Gasteiger partial charge on any atom is 0.313 e. The second-order valence-electron chi connectivity index (χ2n) is 4.92. The molecule has 118 valence electrons. The molecule has 2 amide bonds. The number of rotatable bonds is 4. The van der Waals surface area contributed by atoms with Crippen LogP contribution < -0.4 is 10.6 Å². The normalized spacial score (nSPS) is 11.3. The number of nitrogens with zero attached hydrogens (tertiary/aromatic N) is 1. The van der Waals surface area contributed by atoms with Gasteiger partial charge in [0.05, 0.1) is 16.8 Å². The highest BCUT2D eigenvalue weighted by Gasteiger charge is 2.17. The lowest BCUT2D eigenvalue weighted by atomic mass is 10.2. The standard InChI is InChI=1S/C16H14ClN3O3/c1-10(7-13-3-2-6-23-13)19-15(21)16(22)20-12-4-5-14(17)11(8-12)9-18/h2-6,8,10H,7H2,1H3,(H,19,21)(H,20,22)/t10-/m1/s1. The van der Waals surface area contributed by atoms with E-state index in [1.54, 1.807) is 25.3 Å². The topological polar surface area (TPSA) is 95.1 Å². The highest BCUT2D eigenvalue weighted by molar-refractivity contribution is 6.39. The van der Waals surface area contributed by atoms with Gasteiger partial charge in [0.1, 0.15) is 11.8 Å². The van der Waals surface area contributed by atoms with Crippen LogP contribution in [0.25, 0.3) is 0 Å². The lowest BCUT2D eigenvalue weighted by Crippen LogP contribution is -2.41. The summed E-state index contributed by atoms with van der Waals surface area (Å²) in [7, 11) is 0. The summed E-state index contributed by atoms with van der Waals surface area (Å²) in [5, 5.41) is 14.2. The van der Waals surface area contributed by atoms with E-state index in [0.717, 1.165) is 5.76 Å². The van der Waals surface area contributed by atoms with Crippen molar-refractivity contribution in [1.82, 2.24) is 5.32 Å². The minimum absolute atomic E-state index is 0.219. The number of nitriles is 1. The Morgan fingerprint density at radius 1 is 1.35 bits per heavy atom. The van der Waals surface area contributed by atoms with Crippen LogP contribution in [0.2, 0.25) is 5.02 Å². The molecule has 0 aliphatic carbocycles. The van der Waals surface area contributed by atoms with Gasteiger partial charge in [-0.2, -0.15) is 5.26 Å². The van der Waals surface area contributed by atoms with Crippen LogP contribution in [0.4, 0.5) is 5.69 Å². The zero-order valence-electron chi connectivity index (χ0n) is 12.3. The second kappa shape index (κ2) is 7.47. The van der Waals surface area contributed by atoms with E-state index in [1.165, 1.54) is 18.2 Å². The van der Waals surface area contributed by atoms with E-state index in [4.69, 9.17) is 21.3 Å². The minimum atomic E-state index is -0.817. The Balaban J connectivity index is 1.92. The summed E-state index contributed by atoms with van der Waals surface area (Å²) in [6.07, 6.45) is 2.02. The number of anilines is 1. The van der Waals surface area contributed by atoms with Crippen molar-refractivity contribution < 1.29 is 14.0 Å². The summed E-state index contributed by atoms with van der Waals surface area (Å²) in [6.45, 7) is 1.77. The quantitative estimate of drug-likeness (QED) is 0.841. The third-order valence-electron chi connectivity index (χ3n) is 3.02. The molecule has 0 spiro atoms. The summed E-state index contributed by atoms with van der Waals surface area (Å²) >= 11 is 5.81. The van der Waals surface area contributed by atoms with Crippen LogP contribution in [0, 0.1) is 11.3 Å². The van der Waals surface area contributed by atoms with Crippen molar-refractivity contribution in [3.05, 3.63) is 52.9 Å². The van der Waals surface area contributed by atoms with Crippen LogP contribution in [0.1, 0.15) is 18.2 Å². The zero-order valence-corrected chi connectivity index (χ0v) is 13.1. The number of hydrogen-bond acceptors (Lipinski definition) is 4. The van der Waals surface area contributed by atoms with Crippen molar-refractivity contribution in [2.45, 2.75) is 19.4 Å². The van der Waals surface area contributed by atoms with Crippen LogP contribution >= 0.6 is 11.6 Å². The van der Waals surface area contributed by atoms with Gasteiger partial charge in [-0.25, -0.2) is 0 Å². The molecule has 0 unspecified atom stereocenters. The van der Waals surface area contributed by atoms with Crippen LogP contribution in [0.5, 0.6) is 0 Å². The van der Waals surface area contributed by atoms with Gasteiger partial charge in [-0.15, -0.1) is 0 Å². The average Bonchev–Trinajstić information content (AvgIpc) is 3.01. The molecule has 0 fully saturated rings. The molecule has 0 saturated heterocycles. The van der Waals surface area contributed by atoms with E-state index in [-0.39, 0.29) is 16.6 Å². The Hall–Kier alpha value is -2.78. The van der Waals surface area contributed by atoms with Gasteiger partial charge in [0.25, 0.3) is 0 Å². The molecule has 6 nitrogen and oxygen atoms in total. The molecule has 0 saturated carbocycles. The van der Waals surface area contributed by atoms with Crippen LogP contribution in [-0.2, 0) is 16.0 Å². The lowest BCUT2D eigenvalue weighted by Gasteiger charge is -2.12. The van der Waals surface area contributed by atoms with Gasteiger partial charge in [-0.1, -0.05) is 11.6 Å². The fourth-order valence-corrected chi connectivity index (χ4v) is 2.11. The van der Waals surface area contributed by atoms with E-state index in [0.29, 0.717) is 12.1 Å². The van der Waals surface area contributed by atoms with E-state index < -0.39 is 11.8 Å². The fourth-order valence-electron chi connectivity index (χ4n) is 1.95. The molecule has 2 N–H and O–H groups in total. The van der Waals surface area contributed by atoms with Crippen LogP contribution in [0.15, 0.2) is 41.0 Å². The molecule has 1 heterocycles. The predicted molar refractivity (Wildman–Crippen MR) is 84.8 cm³/mol. The molecule has 2 aromatic rings. The summed E-state index contributed by atoms with van der Waals surface area (Å²) in [5.41, 5.74) is 0.542. The predicted octanol–water partition coefficient (Wildman–Crippen LogP) is 2.49. The molecular formula is C16H14ClN3O3. The summed E-state index contributed by atoms with van der Waals surface area (Å²) in [6, 6.07) is 9.58. The molecular weight excluding hydrogens is 318 g/mol. The molecule has 1 atom stereocenters.